The number of benzene rings is 2. The average molecular weight is 425 g/mol. The minimum Gasteiger partial charge on any atom is -0.450 e. The first-order chi connectivity index (χ1) is 14.4. The third kappa shape index (κ3) is 2.59. The Balaban J connectivity index is 1.86. The van der Waals surface area contributed by atoms with Crippen LogP contribution in [0.5, 0.6) is 0 Å². The lowest BCUT2D eigenvalue weighted by Gasteiger charge is -2.22. The van der Waals surface area contributed by atoms with Gasteiger partial charge >= 0.3 is 0 Å². The summed E-state index contributed by atoms with van der Waals surface area (Å²) in [4.78, 5) is 28.0. The normalized spacial score (nSPS) is 15.8. The first-order valence-electron chi connectivity index (χ1n) is 9.15. The molecule has 0 spiro atoms. The van der Waals surface area contributed by atoms with Crippen LogP contribution in [0.4, 0.5) is 10.2 Å². The van der Waals surface area contributed by atoms with Crippen LogP contribution in [-0.2, 0) is 0 Å². The smallest absolute Gasteiger partial charge is 0.296 e. The van der Waals surface area contributed by atoms with E-state index in [2.05, 4.69) is 5.16 Å². The van der Waals surface area contributed by atoms with E-state index < -0.39 is 23.2 Å². The fourth-order valence-electron chi connectivity index (χ4n) is 3.79. The highest BCUT2D eigenvalue weighted by molar-refractivity contribution is 6.32. The number of carbonyl (C=O) groups is 1. The maximum atomic E-state index is 14.8. The molecule has 1 aliphatic heterocycles. The zero-order chi connectivity index (χ0) is 21.2. The number of rotatable bonds is 2. The van der Waals surface area contributed by atoms with E-state index in [-0.39, 0.29) is 33.7 Å². The molecule has 4 aromatic rings. The molecule has 5 rings (SSSR count). The molecule has 2 aromatic heterocycles. The minimum atomic E-state index is -1.06. The maximum absolute atomic E-state index is 14.8. The molecule has 2 aromatic carbocycles. The second-order valence-electron chi connectivity index (χ2n) is 7.17. The number of hydrogen-bond acceptors (Lipinski definition) is 5. The Labute approximate surface area is 174 Å². The van der Waals surface area contributed by atoms with Crippen molar-refractivity contribution in [1.82, 2.24) is 5.16 Å². The molecule has 0 bridgehead atoms. The molecule has 1 atom stereocenters. The van der Waals surface area contributed by atoms with E-state index in [1.165, 1.54) is 29.2 Å². The Morgan fingerprint density at radius 3 is 2.60 bits per heavy atom. The molecule has 0 unspecified atom stereocenters. The Bertz CT molecular complexity index is 1410. The van der Waals surface area contributed by atoms with E-state index in [0.29, 0.717) is 16.3 Å². The third-order valence-electron chi connectivity index (χ3n) is 5.21. The van der Waals surface area contributed by atoms with Crippen molar-refractivity contribution < 1.29 is 18.1 Å². The largest absolute Gasteiger partial charge is 0.450 e. The number of aryl methyl sites for hydroxylation is 2. The molecule has 0 N–H and O–H groups in total. The highest BCUT2D eigenvalue weighted by Crippen LogP contribution is 2.41. The summed E-state index contributed by atoms with van der Waals surface area (Å²) in [6, 6.07) is 9.56. The molecule has 1 amide bonds. The lowest BCUT2D eigenvalue weighted by molar-refractivity contribution is 0.0969. The van der Waals surface area contributed by atoms with Gasteiger partial charge in [0.15, 0.2) is 11.2 Å². The van der Waals surface area contributed by atoms with Gasteiger partial charge in [0.05, 0.1) is 17.0 Å². The van der Waals surface area contributed by atoms with Gasteiger partial charge in [0, 0.05) is 16.7 Å². The number of aromatic nitrogens is 1. The zero-order valence-corrected chi connectivity index (χ0v) is 16.7. The van der Waals surface area contributed by atoms with Crippen LogP contribution in [0.3, 0.4) is 0 Å². The Morgan fingerprint density at radius 1 is 1.13 bits per heavy atom. The molecule has 3 heterocycles. The summed E-state index contributed by atoms with van der Waals surface area (Å²) in [5.74, 6) is -0.682. The molecule has 0 fully saturated rings. The van der Waals surface area contributed by atoms with Gasteiger partial charge in [0.2, 0.25) is 5.76 Å². The molecular formula is C22H14ClFN2O4. The van der Waals surface area contributed by atoms with Crippen molar-refractivity contribution in [2.45, 2.75) is 19.9 Å². The van der Waals surface area contributed by atoms with Gasteiger partial charge in [0.1, 0.15) is 17.2 Å². The van der Waals surface area contributed by atoms with Gasteiger partial charge in [-0.25, -0.2) is 4.39 Å². The molecule has 8 heteroatoms. The van der Waals surface area contributed by atoms with Crippen molar-refractivity contribution in [2.24, 2.45) is 0 Å². The molecule has 0 saturated heterocycles. The quantitative estimate of drug-likeness (QED) is 0.455. The first kappa shape index (κ1) is 18.6. The SMILES string of the molecule is Cc1cc(N2C(=O)c3oc4cc(C)c(Cl)cc4c(=O)c3[C@@H]2c2ccccc2F)no1. The highest BCUT2D eigenvalue weighted by Gasteiger charge is 2.45. The van der Waals surface area contributed by atoms with Gasteiger partial charge in [0.25, 0.3) is 5.91 Å². The predicted molar refractivity (Wildman–Crippen MR) is 109 cm³/mol. The second kappa shape index (κ2) is 6.53. The second-order valence-corrected chi connectivity index (χ2v) is 7.57. The van der Waals surface area contributed by atoms with Gasteiger partial charge < -0.3 is 8.94 Å². The summed E-state index contributed by atoms with van der Waals surface area (Å²) in [5.41, 5.74) is 0.678. The van der Waals surface area contributed by atoms with Crippen LogP contribution in [-0.4, -0.2) is 11.1 Å². The molecule has 1 aliphatic rings. The molecular weight excluding hydrogens is 411 g/mol. The van der Waals surface area contributed by atoms with Crippen molar-refractivity contribution in [3.63, 3.8) is 0 Å². The summed E-state index contributed by atoms with van der Waals surface area (Å²) in [5, 5.41) is 4.52. The third-order valence-corrected chi connectivity index (χ3v) is 5.62. The topological polar surface area (TPSA) is 76.6 Å². The summed E-state index contributed by atoms with van der Waals surface area (Å²) >= 11 is 6.20. The summed E-state index contributed by atoms with van der Waals surface area (Å²) in [6.45, 7) is 3.44. The molecule has 0 saturated carbocycles. The number of carbonyl (C=O) groups excluding carboxylic acids is 1. The molecule has 6 nitrogen and oxygen atoms in total. The monoisotopic (exact) mass is 424 g/mol. The van der Waals surface area contributed by atoms with Gasteiger partial charge in [-0.15, -0.1) is 0 Å². The van der Waals surface area contributed by atoms with E-state index in [1.54, 1.807) is 32.0 Å². The summed E-state index contributed by atoms with van der Waals surface area (Å²) in [7, 11) is 0. The molecule has 0 aliphatic carbocycles. The standard InChI is InChI=1S/C22H14ClFN2O4/c1-10-7-16-13(9-14(10)23)20(27)18-19(12-5-3-4-6-15(12)24)26(22(28)21(18)29-16)17-8-11(2)30-25-17/h3-9,19H,1-2H3/t19-/m0/s1. The van der Waals surface area contributed by atoms with E-state index in [4.69, 9.17) is 20.5 Å². The fraction of sp³-hybridized carbons (Fsp3) is 0.136. The van der Waals surface area contributed by atoms with E-state index >= 15 is 0 Å². The van der Waals surface area contributed by atoms with Crippen molar-refractivity contribution in [3.8, 4) is 0 Å². The Kier molecular flexibility index (Phi) is 4.04. The number of hydrogen-bond donors (Lipinski definition) is 0. The van der Waals surface area contributed by atoms with Crippen LogP contribution in [0.2, 0.25) is 5.02 Å². The van der Waals surface area contributed by atoms with Gasteiger partial charge in [-0.05, 0) is 37.6 Å². The first-order valence-corrected chi connectivity index (χ1v) is 9.52. The van der Waals surface area contributed by atoms with Crippen LogP contribution < -0.4 is 10.3 Å². The van der Waals surface area contributed by atoms with E-state index in [9.17, 15) is 14.0 Å². The maximum Gasteiger partial charge on any atom is 0.296 e. The Morgan fingerprint density at radius 2 is 1.90 bits per heavy atom. The lowest BCUT2D eigenvalue weighted by Crippen LogP contribution is -2.30. The van der Waals surface area contributed by atoms with Crippen molar-refractivity contribution in [1.29, 1.82) is 0 Å². The molecule has 30 heavy (non-hydrogen) atoms. The highest BCUT2D eigenvalue weighted by atomic mass is 35.5. The zero-order valence-electron chi connectivity index (χ0n) is 15.9. The summed E-state index contributed by atoms with van der Waals surface area (Å²) in [6.07, 6.45) is 0. The van der Waals surface area contributed by atoms with Crippen molar-refractivity contribution in [3.05, 3.63) is 91.7 Å². The van der Waals surface area contributed by atoms with Crippen LogP contribution in [0.1, 0.15) is 39.0 Å². The lowest BCUT2D eigenvalue weighted by atomic mass is 9.98. The van der Waals surface area contributed by atoms with Gasteiger partial charge in [-0.3, -0.25) is 14.5 Å². The predicted octanol–water partition coefficient (Wildman–Crippen LogP) is 4.94. The minimum absolute atomic E-state index is 0.0400. The van der Waals surface area contributed by atoms with Gasteiger partial charge in [-0.2, -0.15) is 0 Å². The number of nitrogens with zero attached hydrogens (tertiary/aromatic N) is 2. The number of anilines is 1. The van der Waals surface area contributed by atoms with Crippen LogP contribution in [0.25, 0.3) is 11.0 Å². The van der Waals surface area contributed by atoms with Crippen molar-refractivity contribution in [2.75, 3.05) is 4.90 Å². The van der Waals surface area contributed by atoms with E-state index in [1.807, 2.05) is 0 Å². The number of fused-ring (bicyclic) bond motifs is 2. The van der Waals surface area contributed by atoms with Crippen LogP contribution >= 0.6 is 11.6 Å². The fourth-order valence-corrected chi connectivity index (χ4v) is 3.95. The van der Waals surface area contributed by atoms with Crippen molar-refractivity contribution >= 4 is 34.3 Å². The van der Waals surface area contributed by atoms with Crippen LogP contribution in [0.15, 0.2) is 56.2 Å². The van der Waals surface area contributed by atoms with Gasteiger partial charge in [-0.1, -0.05) is 35.0 Å². The van der Waals surface area contributed by atoms with Crippen LogP contribution in [0, 0.1) is 19.7 Å². The molecule has 150 valence electrons. The number of amides is 1. The average Bonchev–Trinajstić information content (AvgIpc) is 3.25. The summed E-state index contributed by atoms with van der Waals surface area (Å²) < 4.78 is 25.8. The number of halogens is 2. The molecule has 0 radical (unpaired) electrons. The Hall–Kier alpha value is -3.45. The van der Waals surface area contributed by atoms with E-state index in [0.717, 1.165) is 0 Å².